The highest BCUT2D eigenvalue weighted by atomic mass is 16.5. The predicted molar refractivity (Wildman–Crippen MR) is 199 cm³/mol. The molecule has 0 aromatic heterocycles. The van der Waals surface area contributed by atoms with Crippen molar-refractivity contribution in [2.24, 2.45) is 61.6 Å². The highest BCUT2D eigenvalue weighted by Crippen LogP contribution is 2.80. The molecule has 1 N–H and O–H groups in total. The lowest BCUT2D eigenvalue weighted by Crippen LogP contribution is -2.70. The van der Waals surface area contributed by atoms with E-state index in [1.165, 1.54) is 69.9 Å². The second-order valence-corrected chi connectivity index (χ2v) is 20.0. The quantitative estimate of drug-likeness (QED) is 0.185. The first-order chi connectivity index (χ1) is 21.6. The molecule has 0 bridgehead atoms. The number of ether oxygens (including phenoxy) is 1. The predicted octanol–water partition coefficient (Wildman–Crippen LogP) is 10.8. The molecule has 48 heavy (non-hydrogen) atoms. The van der Waals surface area contributed by atoms with Gasteiger partial charge in [-0.1, -0.05) is 81.9 Å². The molecule has 0 radical (unpaired) electrons. The average Bonchev–Trinajstić information content (AvgIpc) is 3.35. The Labute approximate surface area is 295 Å². The normalized spacial score (nSPS) is 43.2. The summed E-state index contributed by atoms with van der Waals surface area (Å²) in [7, 11) is 2.30. The monoisotopic (exact) mass is 670 g/mol. The standard InChI is InChI=1S/C42H71NO4.CH4/c1-13-43(12)25-24-42-19-16-29(28(2)3)35(42)30-14-15-31-39(9,38(30,8)21-23-42)20-22-41(11)37(6,7)32(17-18-40(31,41)10)47-34(46)27-36(4,5)26-33(44)45;/h29-32,35H,2,13-27H2,1,3-12H3,(H,44,45);1H4/t29-,30+,31?,32-,35?,38+,39+,40+,41?,42+;/m0./s1. The number of allylic oxidation sites excluding steroid dienone is 1. The summed E-state index contributed by atoms with van der Waals surface area (Å²) in [6.07, 6.45) is 13.8. The van der Waals surface area contributed by atoms with E-state index in [1.54, 1.807) is 0 Å². The Bertz CT molecular complexity index is 1240. The van der Waals surface area contributed by atoms with Crippen molar-refractivity contribution < 1.29 is 19.4 Å². The Morgan fingerprint density at radius 1 is 0.875 bits per heavy atom. The minimum absolute atomic E-state index is 0. The van der Waals surface area contributed by atoms with Crippen LogP contribution in [0.1, 0.15) is 160 Å². The van der Waals surface area contributed by atoms with Gasteiger partial charge in [-0.3, -0.25) is 9.59 Å². The fourth-order valence-electron chi connectivity index (χ4n) is 13.7. The summed E-state index contributed by atoms with van der Waals surface area (Å²) in [6, 6.07) is 0. The molecule has 10 atom stereocenters. The lowest BCUT2D eigenvalue weighted by atomic mass is 9.29. The Morgan fingerprint density at radius 3 is 2.12 bits per heavy atom. The molecule has 0 amide bonds. The highest BCUT2D eigenvalue weighted by molar-refractivity contribution is 5.73. The molecule has 5 heteroatoms. The summed E-state index contributed by atoms with van der Waals surface area (Å²) in [5.41, 5.74) is 1.94. The number of carboxylic acids is 1. The van der Waals surface area contributed by atoms with E-state index in [2.05, 4.69) is 73.9 Å². The molecular formula is C43H75NO4. The van der Waals surface area contributed by atoms with E-state index in [9.17, 15) is 14.7 Å². The number of hydrogen-bond donors (Lipinski definition) is 1. The largest absolute Gasteiger partial charge is 0.481 e. The maximum Gasteiger partial charge on any atom is 0.306 e. The Kier molecular flexibility index (Phi) is 10.7. The van der Waals surface area contributed by atoms with Crippen LogP contribution in [-0.4, -0.2) is 48.2 Å². The molecule has 276 valence electrons. The van der Waals surface area contributed by atoms with Crippen molar-refractivity contribution in [1.82, 2.24) is 4.90 Å². The Balaban J connectivity index is 0.00000520. The zero-order valence-electron chi connectivity index (χ0n) is 32.3. The number of carbonyl (C=O) groups excluding carboxylic acids is 1. The zero-order valence-corrected chi connectivity index (χ0v) is 32.3. The maximum atomic E-state index is 13.3. The minimum Gasteiger partial charge on any atom is -0.481 e. The van der Waals surface area contributed by atoms with Crippen LogP contribution in [0.3, 0.4) is 0 Å². The summed E-state index contributed by atoms with van der Waals surface area (Å²) in [6.45, 7) is 30.7. The number of aliphatic carboxylic acids is 1. The number of rotatable bonds is 10. The lowest BCUT2D eigenvalue weighted by Gasteiger charge is -2.76. The van der Waals surface area contributed by atoms with Gasteiger partial charge in [0.05, 0.1) is 12.8 Å². The van der Waals surface area contributed by atoms with Crippen molar-refractivity contribution >= 4 is 11.9 Å². The van der Waals surface area contributed by atoms with Crippen molar-refractivity contribution in [1.29, 1.82) is 0 Å². The van der Waals surface area contributed by atoms with Gasteiger partial charge >= 0.3 is 11.9 Å². The van der Waals surface area contributed by atoms with Crippen LogP contribution in [0, 0.1) is 61.6 Å². The van der Waals surface area contributed by atoms with E-state index in [0.717, 1.165) is 31.2 Å². The highest BCUT2D eigenvalue weighted by Gasteiger charge is 2.73. The Hall–Kier alpha value is -1.36. The van der Waals surface area contributed by atoms with Crippen LogP contribution >= 0.6 is 0 Å². The third-order valence-corrected chi connectivity index (χ3v) is 17.3. The summed E-state index contributed by atoms with van der Waals surface area (Å²) in [4.78, 5) is 27.2. The smallest absolute Gasteiger partial charge is 0.306 e. The second kappa shape index (κ2) is 13.0. The molecule has 3 unspecified atom stereocenters. The van der Waals surface area contributed by atoms with E-state index in [-0.39, 0.29) is 48.6 Å². The third-order valence-electron chi connectivity index (χ3n) is 17.3. The Morgan fingerprint density at radius 2 is 1.52 bits per heavy atom. The molecule has 5 rings (SSSR count). The van der Waals surface area contributed by atoms with E-state index in [4.69, 9.17) is 4.74 Å². The molecule has 0 aromatic carbocycles. The number of carboxylic acid groups (broad SMARTS) is 1. The summed E-state index contributed by atoms with van der Waals surface area (Å²) in [5.74, 6) is 1.74. The van der Waals surface area contributed by atoms with Gasteiger partial charge in [-0.15, -0.1) is 0 Å². The number of carbonyl (C=O) groups is 2. The maximum absolute atomic E-state index is 13.3. The molecule has 5 nitrogen and oxygen atoms in total. The van der Waals surface area contributed by atoms with Crippen LogP contribution in [-0.2, 0) is 14.3 Å². The molecule has 5 fully saturated rings. The average molecular weight is 670 g/mol. The van der Waals surface area contributed by atoms with E-state index >= 15 is 0 Å². The second-order valence-electron chi connectivity index (χ2n) is 20.0. The van der Waals surface area contributed by atoms with Crippen molar-refractivity contribution in [2.75, 3.05) is 20.1 Å². The molecule has 0 heterocycles. The lowest BCUT2D eigenvalue weighted by molar-refractivity contribution is -0.282. The van der Waals surface area contributed by atoms with Crippen LogP contribution in [0.25, 0.3) is 0 Å². The first-order valence-electron chi connectivity index (χ1n) is 19.4. The molecule has 0 aromatic rings. The molecule has 5 aliphatic carbocycles. The van der Waals surface area contributed by atoms with E-state index in [0.29, 0.717) is 28.1 Å². The summed E-state index contributed by atoms with van der Waals surface area (Å²) < 4.78 is 6.35. The van der Waals surface area contributed by atoms with Gasteiger partial charge in [0, 0.05) is 5.41 Å². The molecule has 0 aliphatic heterocycles. The van der Waals surface area contributed by atoms with E-state index in [1.807, 2.05) is 13.8 Å². The van der Waals surface area contributed by atoms with Crippen molar-refractivity contribution in [3.8, 4) is 0 Å². The van der Waals surface area contributed by atoms with Crippen LogP contribution < -0.4 is 0 Å². The van der Waals surface area contributed by atoms with Crippen molar-refractivity contribution in [3.63, 3.8) is 0 Å². The molecule has 5 saturated carbocycles. The van der Waals surface area contributed by atoms with Gasteiger partial charge in [0.25, 0.3) is 0 Å². The fourth-order valence-corrected chi connectivity index (χ4v) is 13.7. The number of hydrogen-bond acceptors (Lipinski definition) is 4. The SMILES string of the molecule is C.C=C(C)[C@@H]1CC[C@]2(CCN(C)CC)CC[C@]3(C)[C@H](CCC4[C@@]5(C)CC[C@H](OC(=O)CC(C)(C)CC(=O)O)C(C)(C)C5(C)CC[C@]43C)C12. The van der Waals surface area contributed by atoms with Crippen LogP contribution in [0.15, 0.2) is 12.2 Å². The minimum atomic E-state index is -0.867. The molecular weight excluding hydrogens is 594 g/mol. The fraction of sp³-hybridized carbons (Fsp3) is 0.907. The van der Waals surface area contributed by atoms with E-state index < -0.39 is 11.4 Å². The molecule has 5 aliphatic rings. The van der Waals surface area contributed by atoms with Gasteiger partial charge in [0.15, 0.2) is 0 Å². The number of fused-ring (bicyclic) bond motifs is 7. The first-order valence-corrected chi connectivity index (χ1v) is 19.4. The topological polar surface area (TPSA) is 66.8 Å². The zero-order chi connectivity index (χ0) is 35.0. The van der Waals surface area contributed by atoms with Gasteiger partial charge in [-0.2, -0.15) is 0 Å². The van der Waals surface area contributed by atoms with Gasteiger partial charge < -0.3 is 14.7 Å². The third kappa shape index (κ3) is 5.84. The van der Waals surface area contributed by atoms with Crippen LogP contribution in [0.5, 0.6) is 0 Å². The molecule has 0 saturated heterocycles. The van der Waals surface area contributed by atoms with Gasteiger partial charge in [-0.25, -0.2) is 0 Å². The summed E-state index contributed by atoms with van der Waals surface area (Å²) in [5, 5.41) is 9.35. The van der Waals surface area contributed by atoms with Gasteiger partial charge in [-0.05, 0) is 154 Å². The van der Waals surface area contributed by atoms with Gasteiger partial charge in [0.2, 0.25) is 0 Å². The molecule has 0 spiro atoms. The first kappa shape index (κ1) is 39.4. The van der Waals surface area contributed by atoms with Crippen molar-refractivity contribution in [2.45, 2.75) is 166 Å². The van der Waals surface area contributed by atoms with Crippen LogP contribution in [0.2, 0.25) is 0 Å². The summed E-state index contributed by atoms with van der Waals surface area (Å²) >= 11 is 0. The number of esters is 1. The number of nitrogens with zero attached hydrogens (tertiary/aromatic N) is 1. The van der Waals surface area contributed by atoms with Gasteiger partial charge in [0.1, 0.15) is 6.10 Å². The van der Waals surface area contributed by atoms with Crippen LogP contribution in [0.4, 0.5) is 0 Å². The van der Waals surface area contributed by atoms with Crippen molar-refractivity contribution in [3.05, 3.63) is 12.2 Å².